The molecule has 110 valence electrons. The van der Waals surface area contributed by atoms with Crippen molar-refractivity contribution >= 4 is 5.97 Å². The summed E-state index contributed by atoms with van der Waals surface area (Å²) in [7, 11) is 1.59. The summed E-state index contributed by atoms with van der Waals surface area (Å²) >= 11 is 0. The van der Waals surface area contributed by atoms with Crippen LogP contribution in [0.1, 0.15) is 32.1 Å². The number of ether oxygens (including phenoxy) is 2. The molecule has 2 rings (SSSR count). The van der Waals surface area contributed by atoms with Gasteiger partial charge in [0, 0.05) is 7.11 Å². The van der Waals surface area contributed by atoms with Crippen molar-refractivity contribution in [2.75, 3.05) is 26.9 Å². The Morgan fingerprint density at radius 2 is 2.21 bits per heavy atom. The Labute approximate surface area is 113 Å². The number of carboxylic acid groups (broad SMARTS) is 1. The largest absolute Gasteiger partial charge is 0.481 e. The molecule has 0 spiro atoms. The molecule has 0 saturated heterocycles. The number of fused-ring (bicyclic) bond motifs is 2. The number of aliphatic hydroxyl groups is 1. The average Bonchev–Trinajstić information content (AvgIpc) is 2.95. The Morgan fingerprint density at radius 3 is 2.74 bits per heavy atom. The van der Waals surface area contributed by atoms with Gasteiger partial charge in [-0.15, -0.1) is 0 Å². The first-order chi connectivity index (χ1) is 9.08. The third kappa shape index (κ3) is 3.09. The second-order valence-corrected chi connectivity index (χ2v) is 5.97. The van der Waals surface area contributed by atoms with Crippen LogP contribution in [0.2, 0.25) is 0 Å². The molecular weight excluding hydrogens is 248 g/mol. The number of hydrogen-bond donors (Lipinski definition) is 2. The van der Waals surface area contributed by atoms with E-state index in [9.17, 15) is 15.0 Å². The van der Waals surface area contributed by atoms with Crippen LogP contribution < -0.4 is 0 Å². The average molecular weight is 272 g/mol. The molecular formula is C14H24O5. The molecule has 0 heterocycles. The van der Waals surface area contributed by atoms with Crippen molar-refractivity contribution in [1.29, 1.82) is 0 Å². The molecule has 4 unspecified atom stereocenters. The van der Waals surface area contributed by atoms with Crippen molar-refractivity contribution in [2.45, 2.75) is 38.2 Å². The van der Waals surface area contributed by atoms with Gasteiger partial charge in [-0.05, 0) is 37.5 Å². The maximum atomic E-state index is 11.7. The van der Waals surface area contributed by atoms with Crippen molar-refractivity contribution in [3.63, 3.8) is 0 Å². The predicted molar refractivity (Wildman–Crippen MR) is 68.8 cm³/mol. The third-order valence-corrected chi connectivity index (χ3v) is 4.74. The van der Waals surface area contributed by atoms with Crippen LogP contribution in [0.3, 0.4) is 0 Å². The number of aliphatic hydroxyl groups excluding tert-OH is 1. The van der Waals surface area contributed by atoms with Crippen molar-refractivity contribution in [1.82, 2.24) is 0 Å². The van der Waals surface area contributed by atoms with Crippen molar-refractivity contribution in [2.24, 2.45) is 17.3 Å². The van der Waals surface area contributed by atoms with E-state index in [2.05, 4.69) is 0 Å². The first-order valence-electron chi connectivity index (χ1n) is 7.06. The fraction of sp³-hybridized carbons (Fsp3) is 0.929. The van der Waals surface area contributed by atoms with Gasteiger partial charge in [-0.1, -0.05) is 6.42 Å². The van der Waals surface area contributed by atoms with E-state index in [4.69, 9.17) is 9.47 Å². The zero-order valence-corrected chi connectivity index (χ0v) is 11.5. The summed E-state index contributed by atoms with van der Waals surface area (Å²) in [6.45, 7) is 1.11. The summed E-state index contributed by atoms with van der Waals surface area (Å²) < 4.78 is 10.1. The summed E-state index contributed by atoms with van der Waals surface area (Å²) in [5.41, 5.74) is -0.715. The molecule has 19 heavy (non-hydrogen) atoms. The summed E-state index contributed by atoms with van der Waals surface area (Å²) in [5.74, 6) is 0.0435. The van der Waals surface area contributed by atoms with Crippen molar-refractivity contribution < 1.29 is 24.5 Å². The third-order valence-electron chi connectivity index (χ3n) is 4.74. The topological polar surface area (TPSA) is 76.0 Å². The summed E-state index contributed by atoms with van der Waals surface area (Å²) in [6.07, 6.45) is 3.50. The molecule has 0 aromatic carbocycles. The van der Waals surface area contributed by atoms with Gasteiger partial charge in [0.1, 0.15) is 0 Å². The van der Waals surface area contributed by atoms with E-state index in [0.717, 1.165) is 25.7 Å². The number of aliphatic carboxylic acids is 1. The molecule has 2 aliphatic carbocycles. The summed E-state index contributed by atoms with van der Waals surface area (Å²) in [6, 6.07) is 0. The van der Waals surface area contributed by atoms with Crippen LogP contribution in [0.15, 0.2) is 0 Å². The molecule has 0 radical (unpaired) electrons. The normalized spacial score (nSPS) is 34.6. The number of methoxy groups -OCH3 is 1. The van der Waals surface area contributed by atoms with Crippen LogP contribution in [0.5, 0.6) is 0 Å². The predicted octanol–water partition coefficient (Wildman–Crippen LogP) is 1.29. The van der Waals surface area contributed by atoms with Crippen LogP contribution in [0.25, 0.3) is 0 Å². The Hall–Kier alpha value is -0.650. The van der Waals surface area contributed by atoms with E-state index in [1.807, 2.05) is 0 Å². The van der Waals surface area contributed by atoms with E-state index in [-0.39, 0.29) is 12.5 Å². The second-order valence-electron chi connectivity index (χ2n) is 5.97. The van der Waals surface area contributed by atoms with Gasteiger partial charge in [-0.2, -0.15) is 0 Å². The first-order valence-corrected chi connectivity index (χ1v) is 7.06. The fourth-order valence-corrected chi connectivity index (χ4v) is 3.88. The summed E-state index contributed by atoms with van der Waals surface area (Å²) in [5, 5.41) is 19.6. The molecule has 0 aromatic rings. The molecule has 0 aromatic heterocycles. The first kappa shape index (κ1) is 14.8. The van der Waals surface area contributed by atoms with Gasteiger partial charge >= 0.3 is 5.97 Å². The summed E-state index contributed by atoms with van der Waals surface area (Å²) in [4.78, 5) is 11.7. The maximum Gasteiger partial charge on any atom is 0.310 e. The number of carboxylic acids is 1. The van der Waals surface area contributed by atoms with Crippen LogP contribution >= 0.6 is 0 Å². The van der Waals surface area contributed by atoms with Gasteiger partial charge in [0.25, 0.3) is 0 Å². The SMILES string of the molecule is COCCOCC(O)CC1(C(=O)O)CC2CCC1C2. The monoisotopic (exact) mass is 272 g/mol. The number of carbonyl (C=O) groups is 1. The molecule has 5 heteroatoms. The van der Waals surface area contributed by atoms with E-state index >= 15 is 0 Å². The van der Waals surface area contributed by atoms with Crippen LogP contribution in [0.4, 0.5) is 0 Å². The minimum Gasteiger partial charge on any atom is -0.481 e. The Kier molecular flexibility index (Phi) is 4.81. The molecule has 0 amide bonds. The van der Waals surface area contributed by atoms with Crippen molar-refractivity contribution in [3.8, 4) is 0 Å². The molecule has 2 fully saturated rings. The lowest BCUT2D eigenvalue weighted by molar-refractivity contribution is -0.156. The lowest BCUT2D eigenvalue weighted by Gasteiger charge is -2.35. The zero-order chi connectivity index (χ0) is 13.9. The van der Waals surface area contributed by atoms with Gasteiger partial charge in [0.2, 0.25) is 0 Å². The zero-order valence-electron chi connectivity index (χ0n) is 11.5. The second kappa shape index (κ2) is 6.20. The van der Waals surface area contributed by atoms with E-state index in [1.165, 1.54) is 0 Å². The minimum atomic E-state index is -0.740. The molecule has 2 saturated carbocycles. The molecule has 2 bridgehead atoms. The van der Waals surface area contributed by atoms with Crippen LogP contribution in [-0.4, -0.2) is 49.2 Å². The molecule has 5 nitrogen and oxygen atoms in total. The van der Waals surface area contributed by atoms with Crippen LogP contribution in [-0.2, 0) is 14.3 Å². The molecule has 2 aliphatic rings. The number of rotatable bonds is 8. The lowest BCUT2D eigenvalue weighted by Crippen LogP contribution is -2.40. The standard InChI is InChI=1S/C14H24O5/c1-18-4-5-19-9-12(15)8-14(13(16)17)7-10-2-3-11(14)6-10/h10-12,15H,2-9H2,1H3,(H,16,17). The lowest BCUT2D eigenvalue weighted by atomic mass is 9.69. The minimum absolute atomic E-state index is 0.190. The van der Waals surface area contributed by atoms with Crippen LogP contribution in [0, 0.1) is 17.3 Å². The molecule has 2 N–H and O–H groups in total. The van der Waals surface area contributed by atoms with E-state index < -0.39 is 17.5 Å². The smallest absolute Gasteiger partial charge is 0.310 e. The number of hydrogen-bond acceptors (Lipinski definition) is 4. The Balaban J connectivity index is 1.86. The van der Waals surface area contributed by atoms with Crippen molar-refractivity contribution in [3.05, 3.63) is 0 Å². The highest BCUT2D eigenvalue weighted by Gasteiger charge is 2.56. The van der Waals surface area contributed by atoms with Gasteiger partial charge in [0.15, 0.2) is 0 Å². The Morgan fingerprint density at radius 1 is 1.42 bits per heavy atom. The van der Waals surface area contributed by atoms with E-state index in [1.54, 1.807) is 7.11 Å². The Bertz CT molecular complexity index is 319. The molecule has 4 atom stereocenters. The highest BCUT2D eigenvalue weighted by atomic mass is 16.5. The van der Waals surface area contributed by atoms with Gasteiger partial charge in [0.05, 0.1) is 31.3 Å². The van der Waals surface area contributed by atoms with Gasteiger partial charge in [-0.25, -0.2) is 0 Å². The van der Waals surface area contributed by atoms with Gasteiger partial charge in [-0.3, -0.25) is 4.79 Å². The fourth-order valence-electron chi connectivity index (χ4n) is 3.88. The maximum absolute atomic E-state index is 11.7. The quantitative estimate of drug-likeness (QED) is 0.651. The van der Waals surface area contributed by atoms with E-state index in [0.29, 0.717) is 25.6 Å². The highest BCUT2D eigenvalue weighted by Crippen LogP contribution is 2.58. The van der Waals surface area contributed by atoms with Gasteiger partial charge < -0.3 is 19.7 Å². The molecule has 0 aliphatic heterocycles. The highest BCUT2D eigenvalue weighted by molar-refractivity contribution is 5.76.